The van der Waals surface area contributed by atoms with Crippen LogP contribution in [0.4, 0.5) is 0 Å². The maximum atomic E-state index is 12.4. The summed E-state index contributed by atoms with van der Waals surface area (Å²) in [7, 11) is 0. The van der Waals surface area contributed by atoms with Gasteiger partial charge in [-0.3, -0.25) is 0 Å². The van der Waals surface area contributed by atoms with E-state index in [1.165, 1.54) is 12.8 Å². The molecule has 160 valence electrons. The van der Waals surface area contributed by atoms with Gasteiger partial charge in [0.05, 0.1) is 18.8 Å². The van der Waals surface area contributed by atoms with Gasteiger partial charge in [0, 0.05) is 0 Å². The molecule has 0 aromatic rings. The number of hydrogen-bond donors (Lipinski definition) is 0. The second-order valence-electron chi connectivity index (χ2n) is 8.08. The molecule has 5 heteroatoms. The molecule has 0 N–H and O–H groups in total. The highest BCUT2D eigenvalue weighted by atomic mass is 127. The average Bonchev–Trinajstić information content (AvgIpc) is 2.66. The first-order valence-corrected chi connectivity index (χ1v) is 13.0. The van der Waals surface area contributed by atoms with Crippen LogP contribution in [0.5, 0.6) is 0 Å². The number of hydrogen-bond acceptors (Lipinski definition) is 4. The quantitative estimate of drug-likeness (QED) is 0.163. The van der Waals surface area contributed by atoms with Crippen molar-refractivity contribution in [3.05, 3.63) is 21.3 Å². The first kappa shape index (κ1) is 25.1. The number of ether oxygens (including phenoxy) is 2. The van der Waals surface area contributed by atoms with E-state index >= 15 is 0 Å². The summed E-state index contributed by atoms with van der Waals surface area (Å²) in [6, 6.07) is 0. The second-order valence-corrected chi connectivity index (χ2v) is 10.5. The Morgan fingerprint density at radius 2 is 1.36 bits per heavy atom. The molecular weight excluding hydrogens is 467 g/mol. The van der Waals surface area contributed by atoms with Gasteiger partial charge in [-0.05, 0) is 34.8 Å². The van der Waals surface area contributed by atoms with Gasteiger partial charge < -0.3 is 9.47 Å². The number of rotatable bonds is 14. The van der Waals surface area contributed by atoms with Crippen molar-refractivity contribution in [3.63, 3.8) is 0 Å². The minimum absolute atomic E-state index is 0.346. The van der Waals surface area contributed by atoms with E-state index in [1.54, 1.807) is 6.08 Å². The number of carbonyl (C=O) groups is 2. The van der Waals surface area contributed by atoms with Crippen LogP contribution in [0.25, 0.3) is 0 Å². The number of carbonyl (C=O) groups excluding carboxylic acids is 2. The number of allylic oxidation sites excluding steroid dienone is 1. The van der Waals surface area contributed by atoms with Gasteiger partial charge in [0.25, 0.3) is 0 Å². The van der Waals surface area contributed by atoms with Crippen molar-refractivity contribution in [2.24, 2.45) is 11.8 Å². The lowest BCUT2D eigenvalue weighted by Crippen LogP contribution is -2.15. The first-order chi connectivity index (χ1) is 13.4. The molecule has 0 radical (unpaired) electrons. The van der Waals surface area contributed by atoms with Gasteiger partial charge in [0.1, 0.15) is 3.58 Å². The van der Waals surface area contributed by atoms with Crippen LogP contribution in [-0.2, 0) is 19.1 Å². The van der Waals surface area contributed by atoms with Crippen molar-refractivity contribution >= 4 is 36.7 Å². The third kappa shape index (κ3) is 11.1. The lowest BCUT2D eigenvalue weighted by molar-refractivity contribution is -0.141. The molecule has 0 aliphatic carbocycles. The van der Waals surface area contributed by atoms with Crippen LogP contribution in [-0.4, -0.2) is 29.2 Å². The smallest absolute Gasteiger partial charge is 0.344 e. The maximum Gasteiger partial charge on any atom is 0.344 e. The fourth-order valence-corrected chi connectivity index (χ4v) is 4.73. The molecule has 0 aromatic heterocycles. The largest absolute Gasteiger partial charge is 0.462 e. The molecule has 1 aliphatic heterocycles. The van der Waals surface area contributed by atoms with E-state index in [1.807, 2.05) is 10.1 Å². The molecule has 4 nitrogen and oxygen atoms in total. The molecule has 0 aromatic carbocycles. The second kappa shape index (κ2) is 14.9. The van der Waals surface area contributed by atoms with Crippen molar-refractivity contribution in [2.75, 3.05) is 13.2 Å². The van der Waals surface area contributed by atoms with Crippen LogP contribution in [0.1, 0.15) is 79.1 Å². The number of halogens is 1. The Hall–Kier alpha value is -0.980. The molecule has 0 amide bonds. The zero-order chi connectivity index (χ0) is 20.8. The fraction of sp³-hybridized carbons (Fsp3) is 0.696. The van der Waals surface area contributed by atoms with E-state index in [9.17, 15) is 9.59 Å². The summed E-state index contributed by atoms with van der Waals surface area (Å²) < 4.78 is 13.3. The summed E-state index contributed by atoms with van der Waals surface area (Å²) in [5, 5.41) is 0. The highest BCUT2D eigenvalue weighted by Gasteiger charge is 2.21. The highest BCUT2D eigenvalue weighted by molar-refractivity contribution is 14.2. The van der Waals surface area contributed by atoms with E-state index in [0.717, 1.165) is 38.5 Å². The summed E-state index contributed by atoms with van der Waals surface area (Å²) in [4.78, 5) is 24.8. The Bertz CT molecular complexity index is 523. The van der Waals surface area contributed by atoms with Crippen molar-refractivity contribution in [3.8, 4) is 0 Å². The van der Waals surface area contributed by atoms with Crippen LogP contribution < -0.4 is 0 Å². The molecule has 1 heterocycles. The molecule has 0 atom stereocenters. The Morgan fingerprint density at radius 3 is 1.89 bits per heavy atom. The summed E-state index contributed by atoms with van der Waals surface area (Å²) in [5.41, 5.74) is 0.391. The molecular formula is C23H37IO4. The van der Waals surface area contributed by atoms with E-state index in [-0.39, 0.29) is 5.97 Å². The number of esters is 2. The summed E-state index contributed by atoms with van der Waals surface area (Å²) in [6.45, 7) is 9.70. The van der Waals surface area contributed by atoms with E-state index < -0.39 is 26.7 Å². The van der Waals surface area contributed by atoms with Crippen molar-refractivity contribution in [2.45, 2.75) is 79.1 Å². The Balaban J connectivity index is 2.39. The maximum absolute atomic E-state index is 12.4. The molecule has 1 rings (SSSR count). The van der Waals surface area contributed by atoms with E-state index in [2.05, 4.69) is 27.7 Å². The molecule has 0 saturated heterocycles. The van der Waals surface area contributed by atoms with Crippen LogP contribution in [0.3, 0.4) is 0 Å². The van der Waals surface area contributed by atoms with Gasteiger partial charge in [0.2, 0.25) is 0 Å². The lowest BCUT2D eigenvalue weighted by atomic mass is 10.1. The monoisotopic (exact) mass is 504 g/mol. The normalized spacial score (nSPS) is 13.8. The standard InChI is InChI=1S/C23H37IO4/c1-18(2)12-7-5-9-16-27-22(25)20-14-11-15-24-21(20)23(26)28-17-10-6-8-13-19(3)4/h11,14-15,18-19H,5-10,12-13,16-17H2,1-4H3. The van der Waals surface area contributed by atoms with Gasteiger partial charge in [-0.1, -0.05) is 93.0 Å². The Morgan fingerprint density at radius 1 is 0.821 bits per heavy atom. The van der Waals surface area contributed by atoms with Gasteiger partial charge in [0.15, 0.2) is 0 Å². The van der Waals surface area contributed by atoms with Crippen LogP contribution in [0.2, 0.25) is 0 Å². The van der Waals surface area contributed by atoms with E-state index in [0.29, 0.717) is 34.2 Å². The molecule has 28 heavy (non-hydrogen) atoms. The lowest BCUT2D eigenvalue weighted by Gasteiger charge is -2.12. The van der Waals surface area contributed by atoms with Gasteiger partial charge in [-0.25, -0.2) is 9.59 Å². The van der Waals surface area contributed by atoms with Crippen molar-refractivity contribution in [1.82, 2.24) is 0 Å². The average molecular weight is 504 g/mol. The Kier molecular flexibility index (Phi) is 13.4. The number of unbranched alkanes of at least 4 members (excludes halogenated alkanes) is 4. The molecule has 0 saturated carbocycles. The summed E-state index contributed by atoms with van der Waals surface area (Å²) >= 11 is -0.644. The molecule has 0 fully saturated rings. The van der Waals surface area contributed by atoms with Gasteiger partial charge in [-0.15, -0.1) is 0 Å². The summed E-state index contributed by atoms with van der Waals surface area (Å²) in [5.74, 6) is 0.688. The minimum Gasteiger partial charge on any atom is -0.462 e. The molecule has 1 aliphatic rings. The minimum atomic E-state index is -0.644. The first-order valence-electron chi connectivity index (χ1n) is 10.6. The van der Waals surface area contributed by atoms with Crippen molar-refractivity contribution in [1.29, 1.82) is 0 Å². The van der Waals surface area contributed by atoms with Crippen molar-refractivity contribution < 1.29 is 19.1 Å². The Labute approximate surface area is 180 Å². The SMILES string of the molecule is CC(C)CCCCCOC(=O)C1=C(C(=O)OCCCCCC(C)C)I=CC=C1. The van der Waals surface area contributed by atoms with Gasteiger partial charge >= 0.3 is 11.9 Å². The third-order valence-corrected chi connectivity index (χ3v) is 6.88. The van der Waals surface area contributed by atoms with Gasteiger partial charge in [-0.2, -0.15) is 0 Å². The van der Waals surface area contributed by atoms with Crippen LogP contribution >= 0.6 is 20.7 Å². The topological polar surface area (TPSA) is 52.6 Å². The third-order valence-electron chi connectivity index (χ3n) is 4.46. The molecule has 0 bridgehead atoms. The fourth-order valence-electron chi connectivity index (χ4n) is 2.81. The molecule has 0 unspecified atom stereocenters. The highest BCUT2D eigenvalue weighted by Crippen LogP contribution is 2.26. The zero-order valence-corrected chi connectivity index (χ0v) is 20.1. The predicted octanol–water partition coefficient (Wildman–Crippen LogP) is 6.10. The predicted molar refractivity (Wildman–Crippen MR) is 125 cm³/mol. The molecule has 0 spiro atoms. The zero-order valence-electron chi connectivity index (χ0n) is 18.0. The summed E-state index contributed by atoms with van der Waals surface area (Å²) in [6.07, 6.45) is 12.1. The van der Waals surface area contributed by atoms with E-state index in [4.69, 9.17) is 9.47 Å². The van der Waals surface area contributed by atoms with Crippen LogP contribution in [0, 0.1) is 11.8 Å². The van der Waals surface area contributed by atoms with Crippen LogP contribution in [0.15, 0.2) is 21.3 Å².